The minimum atomic E-state index is -3.12. The Labute approximate surface area is 68.0 Å². The van der Waals surface area contributed by atoms with Gasteiger partial charge in [-0.15, -0.1) is 0 Å². The van der Waals surface area contributed by atoms with Gasteiger partial charge in [-0.3, -0.25) is 0 Å². The predicted molar refractivity (Wildman–Crippen MR) is 40.4 cm³/mol. The zero-order valence-corrected chi connectivity index (χ0v) is 8.77. The second-order valence-corrected chi connectivity index (χ2v) is 18.2. The third-order valence-electron chi connectivity index (χ3n) is 0.622. The van der Waals surface area contributed by atoms with Gasteiger partial charge in [0.2, 0.25) is 0 Å². The van der Waals surface area contributed by atoms with Crippen LogP contribution in [0.1, 0.15) is 6.42 Å². The summed E-state index contributed by atoms with van der Waals surface area (Å²) in [6, 6.07) is 0. The van der Waals surface area contributed by atoms with Crippen LogP contribution in [0.5, 0.6) is 0 Å². The molecule has 0 aliphatic rings. The van der Waals surface area contributed by atoms with Crippen LogP contribution in [0.15, 0.2) is 0 Å². The number of hydrogen-bond donors (Lipinski definition) is 1. The van der Waals surface area contributed by atoms with E-state index in [4.69, 9.17) is 35.1 Å². The SMILES string of the molecule is O=C(O)C[CH2][Ge]([Cl])([Cl])[Cl]. The molecule has 6 heteroatoms. The summed E-state index contributed by atoms with van der Waals surface area (Å²) < 4.78 is 0. The van der Waals surface area contributed by atoms with E-state index in [0.717, 1.165) is 0 Å². The van der Waals surface area contributed by atoms with Crippen LogP contribution in [-0.4, -0.2) is 21.6 Å². The molecular formula is C3H5Cl3GeO2. The van der Waals surface area contributed by atoms with Crippen LogP contribution in [0.3, 0.4) is 0 Å². The normalized spacial score (nSPS) is 11.4. The van der Waals surface area contributed by atoms with Gasteiger partial charge in [0.25, 0.3) is 0 Å². The fourth-order valence-electron chi connectivity index (χ4n) is 0.249. The summed E-state index contributed by atoms with van der Waals surface area (Å²) in [5.41, 5.74) is 0. The molecule has 9 heavy (non-hydrogen) atoms. The van der Waals surface area contributed by atoms with Gasteiger partial charge in [0, 0.05) is 0 Å². The first-order valence-electron chi connectivity index (χ1n) is 2.20. The second-order valence-electron chi connectivity index (χ2n) is 1.51. The molecule has 0 aromatic rings. The summed E-state index contributed by atoms with van der Waals surface area (Å²) in [5, 5.41) is 8.37. The van der Waals surface area contributed by atoms with Crippen molar-refractivity contribution in [3.05, 3.63) is 0 Å². The van der Waals surface area contributed by atoms with E-state index in [2.05, 4.69) is 0 Å². The number of carbonyl (C=O) groups is 1. The number of halogens is 3. The molecule has 0 amide bonds. The summed E-state index contributed by atoms with van der Waals surface area (Å²) in [5.74, 6) is -0.910. The van der Waals surface area contributed by atoms with E-state index in [1.165, 1.54) is 0 Å². The zero-order valence-electron chi connectivity index (χ0n) is 4.40. The Morgan fingerprint density at radius 3 is 2.00 bits per heavy atom. The molecule has 0 heterocycles. The molecule has 2 nitrogen and oxygen atoms in total. The van der Waals surface area contributed by atoms with E-state index in [9.17, 15) is 4.79 Å². The number of aliphatic carboxylic acids is 1. The molecule has 0 atom stereocenters. The molecule has 0 rings (SSSR count). The molecule has 0 aromatic heterocycles. The van der Waals surface area contributed by atoms with E-state index >= 15 is 0 Å². The fraction of sp³-hybridized carbons (Fsp3) is 0.667. The Hall–Kier alpha value is 0.883. The van der Waals surface area contributed by atoms with Gasteiger partial charge in [-0.1, -0.05) is 0 Å². The van der Waals surface area contributed by atoms with Crippen molar-refractivity contribution in [2.75, 3.05) is 0 Å². The van der Waals surface area contributed by atoms with Crippen LogP contribution in [0, 0.1) is 0 Å². The van der Waals surface area contributed by atoms with Gasteiger partial charge in [-0.2, -0.15) is 0 Å². The topological polar surface area (TPSA) is 37.3 Å². The Kier molecular flexibility index (Phi) is 4.29. The van der Waals surface area contributed by atoms with Crippen molar-refractivity contribution in [3.8, 4) is 0 Å². The third kappa shape index (κ3) is 8.88. The molecule has 0 saturated carbocycles. The van der Waals surface area contributed by atoms with E-state index in [-0.39, 0.29) is 11.7 Å². The van der Waals surface area contributed by atoms with Gasteiger partial charge in [0.15, 0.2) is 0 Å². The first-order chi connectivity index (χ1) is 3.92. The van der Waals surface area contributed by atoms with Crippen molar-refractivity contribution in [2.45, 2.75) is 11.7 Å². The van der Waals surface area contributed by atoms with E-state index in [0.29, 0.717) is 0 Å². The van der Waals surface area contributed by atoms with Crippen molar-refractivity contribution >= 4 is 46.5 Å². The molecule has 0 bridgehead atoms. The van der Waals surface area contributed by atoms with Gasteiger partial charge in [-0.05, 0) is 0 Å². The van der Waals surface area contributed by atoms with Gasteiger partial charge < -0.3 is 0 Å². The van der Waals surface area contributed by atoms with Crippen LogP contribution in [-0.2, 0) is 4.79 Å². The monoisotopic (exact) mass is 252 g/mol. The van der Waals surface area contributed by atoms with E-state index < -0.39 is 16.4 Å². The molecule has 0 spiro atoms. The van der Waals surface area contributed by atoms with Crippen molar-refractivity contribution in [1.29, 1.82) is 0 Å². The maximum atomic E-state index is 9.90. The Morgan fingerprint density at radius 2 is 1.89 bits per heavy atom. The van der Waals surface area contributed by atoms with Gasteiger partial charge in [-0.25, -0.2) is 0 Å². The first-order valence-corrected chi connectivity index (χ1v) is 12.0. The Bertz CT molecular complexity index is 110. The van der Waals surface area contributed by atoms with Crippen LogP contribution in [0.25, 0.3) is 0 Å². The molecular weight excluding hydrogens is 247 g/mol. The van der Waals surface area contributed by atoms with Crippen molar-refractivity contribution < 1.29 is 9.90 Å². The summed E-state index contributed by atoms with van der Waals surface area (Å²) in [6.07, 6.45) is -0.0312. The van der Waals surface area contributed by atoms with Crippen molar-refractivity contribution in [3.63, 3.8) is 0 Å². The molecule has 0 fully saturated rings. The van der Waals surface area contributed by atoms with Crippen LogP contribution in [0.2, 0.25) is 5.25 Å². The molecule has 0 radical (unpaired) electrons. The van der Waals surface area contributed by atoms with Gasteiger partial charge in [0.1, 0.15) is 0 Å². The number of rotatable bonds is 3. The van der Waals surface area contributed by atoms with Crippen molar-refractivity contribution in [1.82, 2.24) is 0 Å². The number of carboxylic acid groups (broad SMARTS) is 1. The Morgan fingerprint density at radius 1 is 1.44 bits per heavy atom. The van der Waals surface area contributed by atoms with Crippen LogP contribution in [0.4, 0.5) is 0 Å². The molecule has 0 aliphatic heterocycles. The van der Waals surface area contributed by atoms with E-state index in [1.807, 2.05) is 0 Å². The van der Waals surface area contributed by atoms with E-state index in [1.54, 1.807) is 0 Å². The first kappa shape index (κ1) is 9.88. The fourth-order valence-corrected chi connectivity index (χ4v) is 2.77. The van der Waals surface area contributed by atoms with Gasteiger partial charge in [0.05, 0.1) is 0 Å². The summed E-state index contributed by atoms with van der Waals surface area (Å²) in [4.78, 5) is 9.90. The maximum absolute atomic E-state index is 9.90. The molecule has 0 unspecified atom stereocenters. The van der Waals surface area contributed by atoms with Gasteiger partial charge >= 0.3 is 68.1 Å². The van der Waals surface area contributed by atoms with Crippen molar-refractivity contribution in [2.24, 2.45) is 0 Å². The second kappa shape index (κ2) is 3.91. The molecule has 0 aromatic carbocycles. The molecule has 0 aliphatic carbocycles. The molecule has 0 saturated heterocycles. The average Bonchev–Trinajstić information content (AvgIpc) is 1.59. The average molecular weight is 252 g/mol. The zero-order chi connectivity index (χ0) is 7.49. The summed E-state index contributed by atoms with van der Waals surface area (Å²) in [7, 11) is 13.2. The minimum absolute atomic E-state index is 0.0312. The number of hydrogen-bond acceptors (Lipinski definition) is 1. The summed E-state index contributed by atoms with van der Waals surface area (Å²) >= 11 is 0. The Balaban J connectivity index is 3.39. The summed E-state index contributed by atoms with van der Waals surface area (Å²) in [6.45, 7) is 0. The predicted octanol–water partition coefficient (Wildman–Crippen LogP) is 2.12. The standard InChI is InChI=1S/C3H5Cl3GeO2/c4-7(5,6)2-1-3(8)9/h1-2H2,(H,8,9). The third-order valence-corrected chi connectivity index (χ3v) is 5.28. The molecule has 1 N–H and O–H groups in total. The molecule has 54 valence electrons. The van der Waals surface area contributed by atoms with Crippen LogP contribution < -0.4 is 0 Å². The quantitative estimate of drug-likeness (QED) is 0.781. The van der Waals surface area contributed by atoms with Crippen LogP contribution >= 0.6 is 30.0 Å². The number of carboxylic acids is 1.